The van der Waals surface area contributed by atoms with Crippen LogP contribution in [0.15, 0.2) is 40.2 Å². The molecule has 1 unspecified atom stereocenters. The Morgan fingerprint density at radius 2 is 2.23 bits per heavy atom. The molecule has 0 N–H and O–H groups in total. The fraction of sp³-hybridized carbons (Fsp3) is 0.182. The van der Waals surface area contributed by atoms with E-state index in [1.54, 1.807) is 11.8 Å². The molecule has 0 saturated carbocycles. The first-order chi connectivity index (χ1) is 6.19. The topological polar surface area (TPSA) is 0 Å². The predicted molar refractivity (Wildman–Crippen MR) is 64.2 cm³/mol. The second-order valence-corrected chi connectivity index (χ2v) is 4.44. The summed E-state index contributed by atoms with van der Waals surface area (Å²) >= 11 is 5.25. The molecule has 0 fully saturated rings. The van der Waals surface area contributed by atoms with Gasteiger partial charge in [-0.1, -0.05) is 12.1 Å². The summed E-state index contributed by atoms with van der Waals surface area (Å²) in [5.74, 6) is 0.173. The van der Waals surface area contributed by atoms with Gasteiger partial charge < -0.3 is 0 Å². The van der Waals surface area contributed by atoms with Crippen LogP contribution in [0.4, 0.5) is 0 Å². The van der Waals surface area contributed by atoms with Crippen LogP contribution < -0.4 is 0 Å². The largest absolute Gasteiger partial charge is 0.128 e. The standard InChI is InChI=1S/C11H12BrS/c1-4-8(2)9-5-6-11(13-3)10(12)7-9/h4-8H,1-2H2,3H3. The minimum atomic E-state index is 0.173. The van der Waals surface area contributed by atoms with Crippen LogP contribution in [-0.2, 0) is 0 Å². The van der Waals surface area contributed by atoms with Crippen LogP contribution in [0.2, 0.25) is 0 Å². The minimum absolute atomic E-state index is 0.173. The lowest BCUT2D eigenvalue weighted by molar-refractivity contribution is 1.07. The number of thioether (sulfide) groups is 1. The molecule has 1 radical (unpaired) electrons. The van der Waals surface area contributed by atoms with Gasteiger partial charge in [-0.2, -0.15) is 0 Å². The van der Waals surface area contributed by atoms with Gasteiger partial charge in [-0.15, -0.1) is 18.3 Å². The SMILES string of the molecule is [CH2]C(C=C)c1ccc(SC)c(Br)c1. The number of rotatable bonds is 3. The first-order valence-corrected chi connectivity index (χ1v) is 6.00. The third-order valence-corrected chi connectivity index (χ3v) is 3.60. The van der Waals surface area contributed by atoms with Crippen molar-refractivity contribution in [2.75, 3.05) is 6.26 Å². The van der Waals surface area contributed by atoms with Gasteiger partial charge in [-0.3, -0.25) is 0 Å². The van der Waals surface area contributed by atoms with Crippen LogP contribution in [0.3, 0.4) is 0 Å². The molecule has 0 bridgehead atoms. The Morgan fingerprint density at radius 3 is 2.69 bits per heavy atom. The van der Waals surface area contributed by atoms with Crippen molar-refractivity contribution in [2.24, 2.45) is 0 Å². The summed E-state index contributed by atoms with van der Waals surface area (Å²) in [5.41, 5.74) is 1.19. The average Bonchev–Trinajstić information content (AvgIpc) is 2.16. The lowest BCUT2D eigenvalue weighted by Crippen LogP contribution is -1.89. The second kappa shape index (κ2) is 4.87. The van der Waals surface area contributed by atoms with E-state index < -0.39 is 0 Å². The van der Waals surface area contributed by atoms with E-state index in [2.05, 4.69) is 53.9 Å². The van der Waals surface area contributed by atoms with E-state index >= 15 is 0 Å². The zero-order chi connectivity index (χ0) is 9.84. The summed E-state index contributed by atoms with van der Waals surface area (Å²) in [5, 5.41) is 0. The lowest BCUT2D eigenvalue weighted by Gasteiger charge is -2.08. The zero-order valence-corrected chi connectivity index (χ0v) is 9.99. The third-order valence-electron chi connectivity index (χ3n) is 1.89. The fourth-order valence-corrected chi connectivity index (χ4v) is 2.39. The van der Waals surface area contributed by atoms with Crippen molar-refractivity contribution >= 4 is 27.7 Å². The van der Waals surface area contributed by atoms with Crippen molar-refractivity contribution < 1.29 is 0 Å². The monoisotopic (exact) mass is 255 g/mol. The van der Waals surface area contributed by atoms with Gasteiger partial charge in [0.05, 0.1) is 0 Å². The molecule has 2 heteroatoms. The van der Waals surface area contributed by atoms with Gasteiger partial charge in [0.25, 0.3) is 0 Å². The highest BCUT2D eigenvalue weighted by Gasteiger charge is 2.04. The summed E-state index contributed by atoms with van der Waals surface area (Å²) in [6.45, 7) is 7.70. The van der Waals surface area contributed by atoms with Gasteiger partial charge in [0.15, 0.2) is 0 Å². The first-order valence-electron chi connectivity index (χ1n) is 3.98. The number of hydrogen-bond donors (Lipinski definition) is 0. The molecular formula is C11H12BrS. The molecule has 0 spiro atoms. The molecule has 0 saturated heterocycles. The number of hydrogen-bond acceptors (Lipinski definition) is 1. The van der Waals surface area contributed by atoms with Gasteiger partial charge >= 0.3 is 0 Å². The molecule has 1 aromatic carbocycles. The summed E-state index contributed by atoms with van der Waals surface area (Å²) < 4.78 is 1.13. The van der Waals surface area contributed by atoms with Crippen molar-refractivity contribution in [1.29, 1.82) is 0 Å². The van der Waals surface area contributed by atoms with E-state index in [4.69, 9.17) is 0 Å². The maximum Gasteiger partial charge on any atom is 0.0314 e. The molecule has 0 aliphatic carbocycles. The van der Waals surface area contributed by atoms with E-state index in [0.717, 1.165) is 4.47 Å². The Kier molecular flexibility index (Phi) is 4.07. The molecule has 0 aliphatic rings. The van der Waals surface area contributed by atoms with Crippen molar-refractivity contribution in [2.45, 2.75) is 10.8 Å². The third kappa shape index (κ3) is 2.61. The maximum atomic E-state index is 3.98. The Morgan fingerprint density at radius 1 is 1.54 bits per heavy atom. The molecule has 1 atom stereocenters. The van der Waals surface area contributed by atoms with Crippen molar-refractivity contribution in [1.82, 2.24) is 0 Å². The zero-order valence-electron chi connectivity index (χ0n) is 7.59. The quantitative estimate of drug-likeness (QED) is 0.574. The number of benzene rings is 1. The Bertz CT molecular complexity index is 307. The molecular weight excluding hydrogens is 244 g/mol. The van der Waals surface area contributed by atoms with Crippen LogP contribution in [0, 0.1) is 6.92 Å². The fourth-order valence-electron chi connectivity index (χ4n) is 1.05. The predicted octanol–water partition coefficient (Wildman–Crippen LogP) is 4.27. The Labute approximate surface area is 92.6 Å². The summed E-state index contributed by atoms with van der Waals surface area (Å²) in [6.07, 6.45) is 3.91. The molecule has 0 aliphatic heterocycles. The van der Waals surface area contributed by atoms with Gasteiger partial charge in [0.1, 0.15) is 0 Å². The van der Waals surface area contributed by atoms with Gasteiger partial charge in [0, 0.05) is 15.3 Å². The van der Waals surface area contributed by atoms with E-state index in [0.29, 0.717) is 0 Å². The van der Waals surface area contributed by atoms with Crippen molar-refractivity contribution in [3.63, 3.8) is 0 Å². The number of allylic oxidation sites excluding steroid dienone is 1. The molecule has 0 amide bonds. The van der Waals surface area contributed by atoms with Crippen molar-refractivity contribution in [3.8, 4) is 0 Å². The van der Waals surface area contributed by atoms with Gasteiger partial charge in [0.2, 0.25) is 0 Å². The highest BCUT2D eigenvalue weighted by atomic mass is 79.9. The normalized spacial score (nSPS) is 12.5. The van der Waals surface area contributed by atoms with Crippen LogP contribution in [0.5, 0.6) is 0 Å². The molecule has 0 nitrogen and oxygen atoms in total. The lowest BCUT2D eigenvalue weighted by atomic mass is 10.0. The Hall–Kier alpha value is -0.210. The smallest absolute Gasteiger partial charge is 0.0314 e. The highest BCUT2D eigenvalue weighted by molar-refractivity contribution is 9.10. The van der Waals surface area contributed by atoms with Gasteiger partial charge in [-0.05, 0) is 46.8 Å². The molecule has 0 heterocycles. The molecule has 1 rings (SSSR count). The van der Waals surface area contributed by atoms with Crippen LogP contribution >= 0.6 is 27.7 Å². The summed E-state index contributed by atoms with van der Waals surface area (Å²) in [4.78, 5) is 1.25. The molecule has 1 aromatic rings. The van der Waals surface area contributed by atoms with Crippen LogP contribution in [-0.4, -0.2) is 6.26 Å². The van der Waals surface area contributed by atoms with Crippen LogP contribution in [0.25, 0.3) is 0 Å². The van der Waals surface area contributed by atoms with E-state index in [-0.39, 0.29) is 5.92 Å². The Balaban J connectivity index is 3.02. The van der Waals surface area contributed by atoms with Gasteiger partial charge in [-0.25, -0.2) is 0 Å². The summed E-state index contributed by atoms with van der Waals surface area (Å²) in [6, 6.07) is 6.30. The van der Waals surface area contributed by atoms with E-state index in [1.165, 1.54) is 10.5 Å². The van der Waals surface area contributed by atoms with Crippen LogP contribution in [0.1, 0.15) is 11.5 Å². The minimum Gasteiger partial charge on any atom is -0.128 e. The first kappa shape index (κ1) is 10.9. The maximum absolute atomic E-state index is 3.98. The number of halogens is 1. The second-order valence-electron chi connectivity index (χ2n) is 2.74. The molecule has 13 heavy (non-hydrogen) atoms. The average molecular weight is 256 g/mol. The summed E-state index contributed by atoms with van der Waals surface area (Å²) in [7, 11) is 0. The van der Waals surface area contributed by atoms with E-state index in [9.17, 15) is 0 Å². The van der Waals surface area contributed by atoms with Crippen molar-refractivity contribution in [3.05, 3.63) is 47.8 Å². The molecule has 69 valence electrons. The molecule has 0 aromatic heterocycles. The van der Waals surface area contributed by atoms with E-state index in [1.807, 2.05) is 6.08 Å². The highest BCUT2D eigenvalue weighted by Crippen LogP contribution is 2.29.